The zero-order valence-electron chi connectivity index (χ0n) is 15.4. The molecular weight excluding hydrogens is 437 g/mol. The van der Waals surface area contributed by atoms with Crippen molar-refractivity contribution in [3.05, 3.63) is 72.2 Å². The van der Waals surface area contributed by atoms with Crippen LogP contribution in [0.25, 0.3) is 0 Å². The van der Waals surface area contributed by atoms with Gasteiger partial charge in [-0.05, 0) is 61.6 Å². The molecule has 3 rings (SSSR count). The summed E-state index contributed by atoms with van der Waals surface area (Å²) in [4.78, 5) is 12.1. The van der Waals surface area contributed by atoms with Gasteiger partial charge in [-0.1, -0.05) is 6.07 Å². The molecule has 0 saturated heterocycles. The minimum absolute atomic E-state index is 0.0672. The number of sulfonamides is 2. The van der Waals surface area contributed by atoms with Gasteiger partial charge in [-0.15, -0.1) is 0 Å². The molecule has 2 aromatic carbocycles. The Morgan fingerprint density at radius 2 is 1.60 bits per heavy atom. The third kappa shape index (κ3) is 4.84. The Morgan fingerprint density at radius 1 is 0.900 bits per heavy atom. The van der Waals surface area contributed by atoms with Crippen LogP contribution in [0, 0.1) is 5.82 Å². The third-order valence-corrected chi connectivity index (χ3v) is 6.52. The molecule has 12 heteroatoms. The van der Waals surface area contributed by atoms with Gasteiger partial charge >= 0.3 is 0 Å². The van der Waals surface area contributed by atoms with Crippen molar-refractivity contribution in [3.8, 4) is 0 Å². The van der Waals surface area contributed by atoms with Gasteiger partial charge in [-0.25, -0.2) is 25.9 Å². The monoisotopic (exact) mass is 453 g/mol. The average Bonchev–Trinajstić information content (AvgIpc) is 3.19. The predicted molar refractivity (Wildman–Crippen MR) is 107 cm³/mol. The summed E-state index contributed by atoms with van der Waals surface area (Å²) in [5, 5.41) is 2.05. The average molecular weight is 453 g/mol. The maximum atomic E-state index is 13.2. The number of rotatable bonds is 7. The van der Waals surface area contributed by atoms with Crippen LogP contribution in [0.15, 0.2) is 75.1 Å². The predicted octanol–water partition coefficient (Wildman–Crippen LogP) is 2.38. The van der Waals surface area contributed by atoms with E-state index in [1.807, 2.05) is 0 Å². The number of amides is 1. The fourth-order valence-corrected chi connectivity index (χ4v) is 4.06. The number of hydrogen-bond donors (Lipinski definition) is 3. The minimum atomic E-state index is -3.96. The molecule has 3 N–H and O–H groups in total. The Hall–Kier alpha value is -3.22. The van der Waals surface area contributed by atoms with E-state index in [9.17, 15) is 26.0 Å². The maximum absolute atomic E-state index is 13.2. The van der Waals surface area contributed by atoms with Crippen LogP contribution in [0.1, 0.15) is 10.6 Å². The Labute approximate surface area is 172 Å². The minimum Gasteiger partial charge on any atom is -0.438 e. The third-order valence-electron chi connectivity index (χ3n) is 3.84. The number of anilines is 2. The lowest BCUT2D eigenvalue weighted by molar-refractivity contribution is 0.0991. The molecule has 0 aliphatic rings. The van der Waals surface area contributed by atoms with E-state index < -0.39 is 36.9 Å². The van der Waals surface area contributed by atoms with Crippen molar-refractivity contribution < 1.29 is 30.4 Å². The standard InChI is InChI=1S/C18H16FN3O6S2/c1-20-30(26,27)17-10-9-16(28-17)18(23)21-13-5-7-15(8-6-13)29(24,25)22-14-4-2-3-12(19)11-14/h2-11,20,22H,1H3,(H,21,23). The van der Waals surface area contributed by atoms with E-state index in [0.29, 0.717) is 0 Å². The summed E-state index contributed by atoms with van der Waals surface area (Å²) < 4.78 is 70.7. The first-order valence-electron chi connectivity index (χ1n) is 8.34. The van der Waals surface area contributed by atoms with Gasteiger partial charge in [0.25, 0.3) is 26.0 Å². The van der Waals surface area contributed by atoms with Crippen LogP contribution in [-0.2, 0) is 20.0 Å². The van der Waals surface area contributed by atoms with Crippen LogP contribution in [0.4, 0.5) is 15.8 Å². The molecular formula is C18H16FN3O6S2. The number of furan rings is 1. The van der Waals surface area contributed by atoms with Crippen molar-refractivity contribution in [2.45, 2.75) is 9.99 Å². The first-order chi connectivity index (χ1) is 14.1. The van der Waals surface area contributed by atoms with Crippen LogP contribution >= 0.6 is 0 Å². The van der Waals surface area contributed by atoms with Gasteiger partial charge in [-0.2, -0.15) is 0 Å². The molecule has 1 aromatic heterocycles. The molecule has 0 fully saturated rings. The molecule has 0 unspecified atom stereocenters. The van der Waals surface area contributed by atoms with Gasteiger partial charge < -0.3 is 9.73 Å². The molecule has 0 aliphatic heterocycles. The van der Waals surface area contributed by atoms with Crippen LogP contribution in [0.3, 0.4) is 0 Å². The fourth-order valence-electron chi connectivity index (χ4n) is 2.36. The molecule has 0 aliphatic carbocycles. The quantitative estimate of drug-likeness (QED) is 0.503. The lowest BCUT2D eigenvalue weighted by Gasteiger charge is -2.09. The Kier molecular flexibility index (Phi) is 5.92. The summed E-state index contributed by atoms with van der Waals surface area (Å²) in [6, 6.07) is 12.5. The number of nitrogens with one attached hydrogen (secondary N) is 3. The first kappa shape index (κ1) is 21.5. The van der Waals surface area contributed by atoms with E-state index in [1.54, 1.807) is 0 Å². The SMILES string of the molecule is CNS(=O)(=O)c1ccc(C(=O)Nc2ccc(S(=O)(=O)Nc3cccc(F)c3)cc2)o1. The van der Waals surface area contributed by atoms with Crippen molar-refractivity contribution in [2.24, 2.45) is 0 Å². The largest absolute Gasteiger partial charge is 0.438 e. The fraction of sp³-hybridized carbons (Fsp3) is 0.0556. The Morgan fingerprint density at radius 3 is 2.23 bits per heavy atom. The van der Waals surface area contributed by atoms with E-state index in [2.05, 4.69) is 14.8 Å². The summed E-state index contributed by atoms with van der Waals surface area (Å²) in [6.07, 6.45) is 0. The number of benzene rings is 2. The molecule has 1 heterocycles. The van der Waals surface area contributed by atoms with Crippen LogP contribution in [0.5, 0.6) is 0 Å². The van der Waals surface area contributed by atoms with Gasteiger partial charge in [0.15, 0.2) is 5.76 Å². The molecule has 9 nitrogen and oxygen atoms in total. The van der Waals surface area contributed by atoms with E-state index in [4.69, 9.17) is 4.42 Å². The zero-order valence-corrected chi connectivity index (χ0v) is 17.1. The van der Waals surface area contributed by atoms with Gasteiger partial charge in [0.1, 0.15) is 5.82 Å². The van der Waals surface area contributed by atoms with E-state index in [-0.39, 0.29) is 22.0 Å². The highest BCUT2D eigenvalue weighted by Crippen LogP contribution is 2.20. The van der Waals surface area contributed by atoms with Crippen molar-refractivity contribution >= 4 is 37.3 Å². The van der Waals surface area contributed by atoms with Crippen LogP contribution in [-0.4, -0.2) is 29.8 Å². The van der Waals surface area contributed by atoms with Crippen molar-refractivity contribution in [1.29, 1.82) is 0 Å². The Balaban J connectivity index is 1.72. The molecule has 0 spiro atoms. The first-order valence-corrected chi connectivity index (χ1v) is 11.3. The molecule has 30 heavy (non-hydrogen) atoms. The summed E-state index contributed by atoms with van der Waals surface area (Å²) in [5.41, 5.74) is 0.316. The number of carbonyl (C=O) groups excluding carboxylic acids is 1. The number of halogens is 1. The zero-order chi connectivity index (χ0) is 21.9. The molecule has 0 radical (unpaired) electrons. The highest BCUT2D eigenvalue weighted by molar-refractivity contribution is 7.92. The highest BCUT2D eigenvalue weighted by Gasteiger charge is 2.20. The lowest BCUT2D eigenvalue weighted by atomic mass is 10.3. The number of hydrogen-bond acceptors (Lipinski definition) is 6. The highest BCUT2D eigenvalue weighted by atomic mass is 32.2. The second-order valence-electron chi connectivity index (χ2n) is 5.92. The van der Waals surface area contributed by atoms with Gasteiger partial charge in [0, 0.05) is 5.69 Å². The summed E-state index contributed by atoms with van der Waals surface area (Å²) in [7, 11) is -6.59. The second kappa shape index (κ2) is 8.26. The maximum Gasteiger partial charge on any atom is 0.291 e. The van der Waals surface area contributed by atoms with E-state index >= 15 is 0 Å². The van der Waals surface area contributed by atoms with Crippen LogP contribution < -0.4 is 14.8 Å². The molecule has 0 bridgehead atoms. The van der Waals surface area contributed by atoms with Gasteiger partial charge in [-0.3, -0.25) is 9.52 Å². The lowest BCUT2D eigenvalue weighted by Crippen LogP contribution is -2.18. The molecule has 158 valence electrons. The number of carbonyl (C=O) groups is 1. The molecule has 0 saturated carbocycles. The summed E-state index contributed by atoms with van der Waals surface area (Å²) >= 11 is 0. The smallest absolute Gasteiger partial charge is 0.291 e. The van der Waals surface area contributed by atoms with Gasteiger partial charge in [0.05, 0.1) is 10.6 Å². The van der Waals surface area contributed by atoms with Gasteiger partial charge in [0.2, 0.25) is 5.09 Å². The van der Waals surface area contributed by atoms with Crippen LogP contribution in [0.2, 0.25) is 0 Å². The molecule has 3 aromatic rings. The molecule has 0 atom stereocenters. The molecule has 1 amide bonds. The second-order valence-corrected chi connectivity index (χ2v) is 9.42. The van der Waals surface area contributed by atoms with Crippen molar-refractivity contribution in [2.75, 3.05) is 17.1 Å². The topological polar surface area (TPSA) is 135 Å². The summed E-state index contributed by atoms with van der Waals surface area (Å²) in [6.45, 7) is 0. The van der Waals surface area contributed by atoms with E-state index in [1.165, 1.54) is 55.6 Å². The Bertz CT molecular complexity index is 1290. The van der Waals surface area contributed by atoms with E-state index in [0.717, 1.165) is 12.1 Å². The van der Waals surface area contributed by atoms with Crippen molar-refractivity contribution in [3.63, 3.8) is 0 Å². The normalized spacial score (nSPS) is 11.8. The van der Waals surface area contributed by atoms with Crippen molar-refractivity contribution in [1.82, 2.24) is 4.72 Å². The summed E-state index contributed by atoms with van der Waals surface area (Å²) in [5.74, 6) is -1.55.